The first kappa shape index (κ1) is 56.9. The van der Waals surface area contributed by atoms with E-state index in [1.807, 2.05) is 0 Å². The maximum atomic E-state index is 12.8. The van der Waals surface area contributed by atoms with Gasteiger partial charge in [-0.05, 0) is 44.9 Å². The molecule has 0 heterocycles. The fraction of sp³-hybridized carbons (Fsp3) is 0.868. The molecule has 0 aliphatic rings. The largest absolute Gasteiger partial charge is 0.462 e. The van der Waals surface area contributed by atoms with Crippen LogP contribution in [0.25, 0.3) is 0 Å². The average Bonchev–Trinajstić information content (AvgIpc) is 3.23. The van der Waals surface area contributed by atoms with Crippen LogP contribution >= 0.6 is 0 Å². The van der Waals surface area contributed by atoms with Gasteiger partial charge in [0.15, 0.2) is 6.10 Å². The average molecular weight is 831 g/mol. The summed E-state index contributed by atoms with van der Waals surface area (Å²) in [6.07, 6.45) is 54.5. The molecular weight excluding hydrogens is 733 g/mol. The van der Waals surface area contributed by atoms with Crippen molar-refractivity contribution in [1.82, 2.24) is 0 Å². The molecule has 0 bridgehead atoms. The molecule has 0 aromatic rings. The number of hydrogen-bond acceptors (Lipinski definition) is 6. The van der Waals surface area contributed by atoms with Crippen molar-refractivity contribution < 1.29 is 28.6 Å². The maximum Gasteiger partial charge on any atom is 0.306 e. The van der Waals surface area contributed by atoms with Crippen LogP contribution in [0.2, 0.25) is 0 Å². The van der Waals surface area contributed by atoms with Crippen LogP contribution in [-0.4, -0.2) is 37.2 Å². The Balaban J connectivity index is 4.29. The van der Waals surface area contributed by atoms with Gasteiger partial charge in [0.1, 0.15) is 13.2 Å². The highest BCUT2D eigenvalue weighted by atomic mass is 16.6. The van der Waals surface area contributed by atoms with E-state index >= 15 is 0 Å². The lowest BCUT2D eigenvalue weighted by atomic mass is 10.0. The van der Waals surface area contributed by atoms with Crippen molar-refractivity contribution in [3.63, 3.8) is 0 Å². The summed E-state index contributed by atoms with van der Waals surface area (Å²) in [7, 11) is 0. The van der Waals surface area contributed by atoms with Gasteiger partial charge in [0.2, 0.25) is 0 Å². The van der Waals surface area contributed by atoms with E-state index in [0.29, 0.717) is 19.3 Å². The van der Waals surface area contributed by atoms with Crippen molar-refractivity contribution in [2.45, 2.75) is 284 Å². The van der Waals surface area contributed by atoms with E-state index in [4.69, 9.17) is 14.2 Å². The number of ether oxygens (including phenoxy) is 3. The summed E-state index contributed by atoms with van der Waals surface area (Å²) in [4.78, 5) is 37.9. The van der Waals surface area contributed by atoms with E-state index in [2.05, 4.69) is 45.1 Å². The summed E-state index contributed by atoms with van der Waals surface area (Å²) in [5.41, 5.74) is 0. The summed E-state index contributed by atoms with van der Waals surface area (Å²) < 4.78 is 16.8. The number of unbranched alkanes of at least 4 members (excludes halogenated alkanes) is 33. The predicted molar refractivity (Wildman–Crippen MR) is 252 cm³/mol. The lowest BCUT2D eigenvalue weighted by molar-refractivity contribution is -0.167. The van der Waals surface area contributed by atoms with E-state index in [-0.39, 0.29) is 31.1 Å². The smallest absolute Gasteiger partial charge is 0.306 e. The molecule has 1 unspecified atom stereocenters. The van der Waals surface area contributed by atoms with Gasteiger partial charge in [-0.3, -0.25) is 14.4 Å². The third-order valence-electron chi connectivity index (χ3n) is 11.5. The van der Waals surface area contributed by atoms with Crippen LogP contribution in [0.3, 0.4) is 0 Å². The standard InChI is InChI=1S/C53H98O6/c1-4-7-10-13-16-19-21-23-25-26-28-29-31-34-37-40-43-46-52(55)58-49-50(48-57-51(54)45-42-39-36-33-18-15-12-9-6-3)59-53(56)47-44-41-38-35-32-30-27-24-22-20-17-14-11-8-5-2/h17,20,22,24,50H,4-16,18-19,21,23,25-49H2,1-3H3/b20-17-,24-22-. The number of hydrogen-bond donors (Lipinski definition) is 0. The third-order valence-corrected chi connectivity index (χ3v) is 11.5. The topological polar surface area (TPSA) is 78.9 Å². The first-order valence-electron chi connectivity index (χ1n) is 25.9. The van der Waals surface area contributed by atoms with Gasteiger partial charge in [-0.1, -0.05) is 238 Å². The molecule has 0 aliphatic carbocycles. The van der Waals surface area contributed by atoms with Crippen molar-refractivity contribution in [2.24, 2.45) is 0 Å². The molecule has 6 heteroatoms. The van der Waals surface area contributed by atoms with Crippen LogP contribution in [0.15, 0.2) is 24.3 Å². The van der Waals surface area contributed by atoms with E-state index in [1.165, 1.54) is 173 Å². The van der Waals surface area contributed by atoms with Gasteiger partial charge in [-0.15, -0.1) is 0 Å². The summed E-state index contributed by atoms with van der Waals surface area (Å²) in [5.74, 6) is -0.873. The van der Waals surface area contributed by atoms with Crippen LogP contribution in [0.5, 0.6) is 0 Å². The lowest BCUT2D eigenvalue weighted by Gasteiger charge is -2.18. The molecule has 0 amide bonds. The molecule has 0 N–H and O–H groups in total. The zero-order valence-electron chi connectivity index (χ0n) is 39.5. The van der Waals surface area contributed by atoms with Crippen LogP contribution in [0.4, 0.5) is 0 Å². The van der Waals surface area contributed by atoms with Gasteiger partial charge < -0.3 is 14.2 Å². The molecule has 0 spiro atoms. The molecule has 0 fully saturated rings. The summed E-state index contributed by atoms with van der Waals surface area (Å²) >= 11 is 0. The Morgan fingerprint density at radius 3 is 0.932 bits per heavy atom. The van der Waals surface area contributed by atoms with Crippen LogP contribution < -0.4 is 0 Å². The highest BCUT2D eigenvalue weighted by Crippen LogP contribution is 2.16. The fourth-order valence-corrected chi connectivity index (χ4v) is 7.55. The number of rotatable bonds is 47. The van der Waals surface area contributed by atoms with Crippen molar-refractivity contribution >= 4 is 17.9 Å². The molecule has 0 saturated carbocycles. The second-order valence-corrected chi connectivity index (χ2v) is 17.5. The van der Waals surface area contributed by atoms with Crippen molar-refractivity contribution in [3.05, 3.63) is 24.3 Å². The fourth-order valence-electron chi connectivity index (χ4n) is 7.55. The first-order valence-corrected chi connectivity index (χ1v) is 25.9. The predicted octanol–water partition coefficient (Wildman–Crippen LogP) is 16.8. The minimum atomic E-state index is -0.770. The Labute approximate surface area is 366 Å². The molecule has 0 saturated heterocycles. The number of allylic oxidation sites excluding steroid dienone is 4. The second-order valence-electron chi connectivity index (χ2n) is 17.5. The zero-order valence-corrected chi connectivity index (χ0v) is 39.5. The minimum Gasteiger partial charge on any atom is -0.462 e. The second kappa shape index (κ2) is 48.6. The van der Waals surface area contributed by atoms with Gasteiger partial charge >= 0.3 is 17.9 Å². The van der Waals surface area contributed by atoms with Gasteiger partial charge in [-0.25, -0.2) is 0 Å². The molecule has 0 aromatic heterocycles. The molecular formula is C53H98O6. The van der Waals surface area contributed by atoms with Crippen molar-refractivity contribution in [3.8, 4) is 0 Å². The molecule has 0 aromatic carbocycles. The molecule has 6 nitrogen and oxygen atoms in total. The number of carbonyl (C=O) groups excluding carboxylic acids is 3. The molecule has 346 valence electrons. The van der Waals surface area contributed by atoms with Crippen LogP contribution in [-0.2, 0) is 28.6 Å². The minimum absolute atomic E-state index is 0.0715. The molecule has 0 radical (unpaired) electrons. The van der Waals surface area contributed by atoms with Crippen LogP contribution in [0, 0.1) is 0 Å². The molecule has 59 heavy (non-hydrogen) atoms. The highest BCUT2D eigenvalue weighted by molar-refractivity contribution is 5.71. The van der Waals surface area contributed by atoms with Crippen molar-refractivity contribution in [1.29, 1.82) is 0 Å². The number of esters is 3. The van der Waals surface area contributed by atoms with Crippen LogP contribution in [0.1, 0.15) is 278 Å². The summed E-state index contributed by atoms with van der Waals surface area (Å²) in [6.45, 7) is 6.61. The Morgan fingerprint density at radius 1 is 0.339 bits per heavy atom. The third kappa shape index (κ3) is 46.8. The SMILES string of the molecule is CCCCC/C=C\C=C/CCCCCCCCC(=O)OC(COC(=O)CCCCCCCCCCC)COC(=O)CCCCCCCCCCCCCCCCCCC. The Bertz CT molecular complexity index is 958. The molecule has 1 atom stereocenters. The molecule has 0 rings (SSSR count). The van der Waals surface area contributed by atoms with E-state index in [0.717, 1.165) is 64.2 Å². The van der Waals surface area contributed by atoms with E-state index < -0.39 is 6.10 Å². The lowest BCUT2D eigenvalue weighted by Crippen LogP contribution is -2.30. The van der Waals surface area contributed by atoms with Gasteiger partial charge in [0.05, 0.1) is 0 Å². The van der Waals surface area contributed by atoms with E-state index in [1.54, 1.807) is 0 Å². The van der Waals surface area contributed by atoms with Gasteiger partial charge in [0.25, 0.3) is 0 Å². The highest BCUT2D eigenvalue weighted by Gasteiger charge is 2.19. The van der Waals surface area contributed by atoms with Gasteiger partial charge in [-0.2, -0.15) is 0 Å². The zero-order chi connectivity index (χ0) is 43.0. The van der Waals surface area contributed by atoms with E-state index in [9.17, 15) is 14.4 Å². The summed E-state index contributed by atoms with van der Waals surface area (Å²) in [6, 6.07) is 0. The molecule has 0 aliphatic heterocycles. The van der Waals surface area contributed by atoms with Crippen molar-refractivity contribution in [2.75, 3.05) is 13.2 Å². The first-order chi connectivity index (χ1) is 29.0. The quantitative estimate of drug-likeness (QED) is 0.0263. The Morgan fingerprint density at radius 2 is 0.593 bits per heavy atom. The Kier molecular flexibility index (Phi) is 46.8. The summed E-state index contributed by atoms with van der Waals surface area (Å²) in [5, 5.41) is 0. The maximum absolute atomic E-state index is 12.8. The monoisotopic (exact) mass is 831 g/mol. The number of carbonyl (C=O) groups is 3. The Hall–Kier alpha value is -2.11. The van der Waals surface area contributed by atoms with Gasteiger partial charge in [0, 0.05) is 19.3 Å². The normalized spacial score (nSPS) is 12.1.